The lowest BCUT2D eigenvalue weighted by Gasteiger charge is -1.91. The van der Waals surface area contributed by atoms with Crippen LogP contribution in [0.5, 0.6) is 0 Å². The zero-order valence-corrected chi connectivity index (χ0v) is 7.73. The molecule has 11 heavy (non-hydrogen) atoms. The number of hydrogen-bond donors (Lipinski definition) is 3. The van der Waals surface area contributed by atoms with E-state index in [2.05, 4.69) is 9.97 Å². The van der Waals surface area contributed by atoms with Crippen molar-refractivity contribution >= 4 is 24.6 Å². The van der Waals surface area contributed by atoms with Crippen molar-refractivity contribution in [2.75, 3.05) is 6.54 Å². The largest absolute Gasteiger partial charge is 0.337 e. The highest BCUT2D eigenvalue weighted by atomic mass is 35.5. The smallest absolute Gasteiger partial charge is 0.174 e. The Morgan fingerprint density at radius 2 is 2.27 bits per heavy atom. The number of rotatable bonds is 3. The minimum Gasteiger partial charge on any atom is -0.337 e. The number of aromatic nitrogens is 2. The lowest BCUT2D eigenvalue weighted by Crippen LogP contribution is -2.00. The van der Waals surface area contributed by atoms with Crippen LogP contribution in [0.1, 0.15) is 12.1 Å². The van der Waals surface area contributed by atoms with Gasteiger partial charge in [0, 0.05) is 11.9 Å². The van der Waals surface area contributed by atoms with Crippen molar-refractivity contribution in [1.82, 2.24) is 9.97 Å². The zero-order valence-electron chi connectivity index (χ0n) is 6.09. The second kappa shape index (κ2) is 5.35. The maximum atomic E-state index is 5.33. The zero-order chi connectivity index (χ0) is 7.40. The van der Waals surface area contributed by atoms with E-state index in [1.54, 1.807) is 0 Å². The molecule has 0 aromatic carbocycles. The summed E-state index contributed by atoms with van der Waals surface area (Å²) >= 11 is 4.84. The van der Waals surface area contributed by atoms with Gasteiger partial charge in [-0.2, -0.15) is 0 Å². The molecule has 0 atom stereocenters. The van der Waals surface area contributed by atoms with Gasteiger partial charge in [-0.15, -0.1) is 12.4 Å². The molecule has 0 aliphatic heterocycles. The maximum absolute atomic E-state index is 5.33. The van der Waals surface area contributed by atoms with Crippen LogP contribution in [0.25, 0.3) is 0 Å². The van der Waals surface area contributed by atoms with Crippen molar-refractivity contribution in [2.45, 2.75) is 12.8 Å². The first-order chi connectivity index (χ1) is 4.83. The fraction of sp³-hybridized carbons (Fsp3) is 0.500. The van der Waals surface area contributed by atoms with Crippen molar-refractivity contribution in [2.24, 2.45) is 5.73 Å². The number of H-pyrrole nitrogens is 2. The predicted molar refractivity (Wildman–Crippen MR) is 50.6 cm³/mol. The van der Waals surface area contributed by atoms with Gasteiger partial charge < -0.3 is 15.7 Å². The van der Waals surface area contributed by atoms with Crippen molar-refractivity contribution in [3.63, 3.8) is 0 Å². The molecule has 0 saturated carbocycles. The molecule has 0 amide bonds. The number of imidazole rings is 1. The van der Waals surface area contributed by atoms with Gasteiger partial charge in [-0.1, -0.05) is 0 Å². The van der Waals surface area contributed by atoms with E-state index in [0.717, 1.165) is 25.1 Å². The molecule has 1 rings (SSSR count). The van der Waals surface area contributed by atoms with Crippen molar-refractivity contribution in [1.29, 1.82) is 0 Å². The van der Waals surface area contributed by atoms with Gasteiger partial charge in [-0.3, -0.25) is 0 Å². The molecule has 0 aliphatic carbocycles. The molecule has 0 unspecified atom stereocenters. The molecule has 0 radical (unpaired) electrons. The summed E-state index contributed by atoms with van der Waals surface area (Å²) in [4.78, 5) is 5.91. The molecule has 1 heterocycles. The molecule has 0 saturated heterocycles. The highest BCUT2D eigenvalue weighted by Crippen LogP contribution is 1.95. The summed E-state index contributed by atoms with van der Waals surface area (Å²) in [7, 11) is 0. The average Bonchev–Trinajstić information content (AvgIpc) is 2.31. The van der Waals surface area contributed by atoms with Crippen LogP contribution >= 0.6 is 24.6 Å². The van der Waals surface area contributed by atoms with Gasteiger partial charge >= 0.3 is 0 Å². The van der Waals surface area contributed by atoms with Crippen LogP contribution in [0.15, 0.2) is 6.20 Å². The number of nitrogens with one attached hydrogen (secondary N) is 2. The normalized spacial score (nSPS) is 9.18. The first-order valence-corrected chi connectivity index (χ1v) is 3.70. The lowest BCUT2D eigenvalue weighted by molar-refractivity contribution is 0.815. The Kier molecular flexibility index (Phi) is 5.19. The Hall–Kier alpha value is -0.320. The minimum atomic E-state index is 0. The molecule has 1 aromatic rings. The standard InChI is InChI=1S/C6H11N3S.ClH/c7-3-1-2-5-4-8-6(10)9-5;/h4H,1-3,7H2,(H2,8,9,10);1H. The van der Waals surface area contributed by atoms with Gasteiger partial charge in [0.1, 0.15) is 0 Å². The van der Waals surface area contributed by atoms with E-state index in [1.807, 2.05) is 6.20 Å². The fourth-order valence-corrected chi connectivity index (χ4v) is 0.988. The van der Waals surface area contributed by atoms with Crippen LogP contribution in [0.3, 0.4) is 0 Å². The predicted octanol–water partition coefficient (Wildman–Crippen LogP) is 1.39. The third-order valence-corrected chi connectivity index (χ3v) is 1.52. The van der Waals surface area contributed by atoms with Gasteiger partial charge in [0.25, 0.3) is 0 Å². The molecular formula is C6H12ClN3S. The molecule has 1 aromatic heterocycles. The van der Waals surface area contributed by atoms with Crippen molar-refractivity contribution in [3.05, 3.63) is 16.7 Å². The summed E-state index contributed by atoms with van der Waals surface area (Å²) in [6, 6.07) is 0. The van der Waals surface area contributed by atoms with E-state index in [0.29, 0.717) is 4.77 Å². The highest BCUT2D eigenvalue weighted by molar-refractivity contribution is 7.71. The van der Waals surface area contributed by atoms with Crippen LogP contribution in [-0.4, -0.2) is 16.5 Å². The van der Waals surface area contributed by atoms with E-state index >= 15 is 0 Å². The SMILES string of the molecule is Cl.NCCCc1c[nH]c(=S)[nH]1. The van der Waals surface area contributed by atoms with Gasteiger partial charge in [0.2, 0.25) is 0 Å². The van der Waals surface area contributed by atoms with E-state index in [9.17, 15) is 0 Å². The van der Waals surface area contributed by atoms with Crippen LogP contribution in [0.4, 0.5) is 0 Å². The molecule has 64 valence electrons. The molecule has 0 spiro atoms. The van der Waals surface area contributed by atoms with Gasteiger partial charge in [-0.25, -0.2) is 0 Å². The van der Waals surface area contributed by atoms with Gasteiger partial charge in [0.15, 0.2) is 4.77 Å². The summed E-state index contributed by atoms with van der Waals surface area (Å²) in [6.45, 7) is 0.728. The molecule has 0 bridgehead atoms. The van der Waals surface area contributed by atoms with Crippen LogP contribution in [0.2, 0.25) is 0 Å². The number of nitrogens with two attached hydrogens (primary N) is 1. The molecule has 5 heteroatoms. The summed E-state index contributed by atoms with van der Waals surface area (Å²) in [5.41, 5.74) is 6.47. The Balaban J connectivity index is 0.000001000. The second-order valence-electron chi connectivity index (χ2n) is 2.16. The first-order valence-electron chi connectivity index (χ1n) is 3.29. The third kappa shape index (κ3) is 3.55. The third-order valence-electron chi connectivity index (χ3n) is 1.30. The Bertz CT molecular complexity index is 242. The topological polar surface area (TPSA) is 57.6 Å². The molecule has 3 nitrogen and oxygen atoms in total. The van der Waals surface area contributed by atoms with E-state index in [1.165, 1.54) is 0 Å². The van der Waals surface area contributed by atoms with Crippen molar-refractivity contribution in [3.8, 4) is 0 Å². The van der Waals surface area contributed by atoms with Gasteiger partial charge in [-0.05, 0) is 31.6 Å². The number of aromatic amines is 2. The lowest BCUT2D eigenvalue weighted by atomic mass is 10.2. The number of halogens is 1. The van der Waals surface area contributed by atoms with E-state index in [-0.39, 0.29) is 12.4 Å². The Labute approximate surface area is 76.8 Å². The van der Waals surface area contributed by atoms with Crippen LogP contribution < -0.4 is 5.73 Å². The fourth-order valence-electron chi connectivity index (χ4n) is 0.798. The minimum absolute atomic E-state index is 0. The van der Waals surface area contributed by atoms with Crippen LogP contribution in [-0.2, 0) is 6.42 Å². The van der Waals surface area contributed by atoms with Crippen molar-refractivity contribution < 1.29 is 0 Å². The number of hydrogen-bond acceptors (Lipinski definition) is 2. The molecule has 0 fully saturated rings. The summed E-state index contributed by atoms with van der Waals surface area (Å²) in [5, 5.41) is 0. The summed E-state index contributed by atoms with van der Waals surface area (Å²) < 4.78 is 0.687. The van der Waals surface area contributed by atoms with E-state index < -0.39 is 0 Å². The Morgan fingerprint density at radius 1 is 1.55 bits per heavy atom. The first kappa shape index (κ1) is 10.7. The number of aryl methyl sites for hydroxylation is 1. The van der Waals surface area contributed by atoms with E-state index in [4.69, 9.17) is 18.0 Å². The molecular weight excluding hydrogens is 182 g/mol. The quantitative estimate of drug-likeness (QED) is 0.636. The second-order valence-corrected chi connectivity index (χ2v) is 2.57. The van der Waals surface area contributed by atoms with Gasteiger partial charge in [0.05, 0.1) is 0 Å². The monoisotopic (exact) mass is 193 g/mol. The highest BCUT2D eigenvalue weighted by Gasteiger charge is 1.91. The average molecular weight is 194 g/mol. The Morgan fingerprint density at radius 3 is 2.73 bits per heavy atom. The van der Waals surface area contributed by atoms with Crippen LogP contribution in [0, 0.1) is 4.77 Å². The summed E-state index contributed by atoms with van der Waals surface area (Å²) in [6.07, 6.45) is 3.87. The molecule has 4 N–H and O–H groups in total. The molecule has 0 aliphatic rings. The summed E-state index contributed by atoms with van der Waals surface area (Å²) in [5.74, 6) is 0. The maximum Gasteiger partial charge on any atom is 0.174 e.